The minimum absolute atomic E-state index is 0. The number of benzene rings is 1. The zero-order valence-corrected chi connectivity index (χ0v) is 13.5. The number of carbonyl (C=O) groups excluding carboxylic acids is 1. The normalized spacial score (nSPS) is 13.8. The van der Waals surface area contributed by atoms with E-state index in [0.717, 1.165) is 0 Å². The molecule has 9 heteroatoms. The number of carbonyl (C=O) groups is 1. The van der Waals surface area contributed by atoms with Crippen molar-refractivity contribution in [1.29, 1.82) is 0 Å². The van der Waals surface area contributed by atoms with Crippen LogP contribution in [-0.4, -0.2) is 29.4 Å². The summed E-state index contributed by atoms with van der Waals surface area (Å²) in [6.45, 7) is 0.702. The smallest absolute Gasteiger partial charge is 0.435 e. The van der Waals surface area contributed by atoms with Crippen LogP contribution in [0.4, 0.5) is 13.2 Å². The molecule has 2 heterocycles. The number of aromatic nitrogens is 2. The molecule has 0 spiro atoms. The topological polar surface area (TPSA) is 56.2 Å². The third-order valence-corrected chi connectivity index (χ3v) is 3.71. The van der Waals surface area contributed by atoms with Crippen LogP contribution in [0.1, 0.15) is 27.3 Å². The first kappa shape index (κ1) is 18.3. The van der Waals surface area contributed by atoms with Crippen LogP contribution in [0.5, 0.6) is 0 Å². The van der Waals surface area contributed by atoms with E-state index >= 15 is 0 Å². The van der Waals surface area contributed by atoms with Crippen molar-refractivity contribution in [3.05, 3.63) is 46.8 Å². The average molecular weight is 362 g/mol. The van der Waals surface area contributed by atoms with Crippen LogP contribution in [0.2, 0.25) is 0 Å². The number of ether oxygens (including phenoxy) is 1. The van der Waals surface area contributed by atoms with Gasteiger partial charge in [-0.25, -0.2) is 9.48 Å². The van der Waals surface area contributed by atoms with Gasteiger partial charge in [0.15, 0.2) is 5.69 Å². The Kier molecular flexibility index (Phi) is 5.19. The fraction of sp³-hybridized carbons (Fsp3) is 0.333. The maximum atomic E-state index is 13.2. The highest BCUT2D eigenvalue weighted by Crippen LogP contribution is 2.34. The van der Waals surface area contributed by atoms with E-state index in [1.807, 2.05) is 0 Å². The highest BCUT2D eigenvalue weighted by molar-refractivity contribution is 5.89. The Labute approximate surface area is 142 Å². The molecule has 130 valence electrons. The molecule has 0 amide bonds. The van der Waals surface area contributed by atoms with Crippen LogP contribution < -0.4 is 5.32 Å². The molecule has 0 unspecified atom stereocenters. The Morgan fingerprint density at radius 3 is 2.79 bits per heavy atom. The first-order valence-electron chi connectivity index (χ1n) is 6.99. The summed E-state index contributed by atoms with van der Waals surface area (Å²) in [4.78, 5) is 11.6. The fourth-order valence-electron chi connectivity index (χ4n) is 2.67. The third kappa shape index (κ3) is 3.25. The monoisotopic (exact) mass is 361 g/mol. The number of hydrogen-bond acceptors (Lipinski definition) is 4. The van der Waals surface area contributed by atoms with Crippen molar-refractivity contribution in [2.45, 2.75) is 19.1 Å². The van der Waals surface area contributed by atoms with Gasteiger partial charge in [0.25, 0.3) is 0 Å². The van der Waals surface area contributed by atoms with Gasteiger partial charge in [0.05, 0.1) is 24.1 Å². The molecule has 1 aliphatic rings. The molecule has 0 saturated heterocycles. The predicted octanol–water partition coefficient (Wildman–Crippen LogP) is 2.75. The third-order valence-electron chi connectivity index (χ3n) is 3.71. The van der Waals surface area contributed by atoms with E-state index in [2.05, 4.69) is 15.2 Å². The lowest BCUT2D eigenvalue weighted by Crippen LogP contribution is -2.25. The molecule has 0 saturated carbocycles. The number of hydrogen-bond donors (Lipinski definition) is 1. The van der Waals surface area contributed by atoms with Crippen molar-refractivity contribution >= 4 is 18.4 Å². The maximum absolute atomic E-state index is 13.2. The van der Waals surface area contributed by atoms with Gasteiger partial charge in [-0.15, -0.1) is 12.4 Å². The summed E-state index contributed by atoms with van der Waals surface area (Å²) in [5.41, 5.74) is 0.451. The van der Waals surface area contributed by atoms with Crippen molar-refractivity contribution in [2.24, 2.45) is 0 Å². The molecule has 2 aromatic rings. The molecule has 1 N–H and O–H groups in total. The van der Waals surface area contributed by atoms with E-state index < -0.39 is 17.8 Å². The quantitative estimate of drug-likeness (QED) is 0.836. The summed E-state index contributed by atoms with van der Waals surface area (Å²) < 4.78 is 45.5. The number of halogens is 4. The molecule has 0 fully saturated rings. The van der Waals surface area contributed by atoms with Gasteiger partial charge in [-0.05, 0) is 18.2 Å². The highest BCUT2D eigenvalue weighted by Gasteiger charge is 2.39. The van der Waals surface area contributed by atoms with Crippen molar-refractivity contribution < 1.29 is 22.7 Å². The number of methoxy groups -OCH3 is 1. The summed E-state index contributed by atoms with van der Waals surface area (Å²) in [6, 6.07) is 6.21. The Balaban J connectivity index is 0.00000208. The maximum Gasteiger partial charge on any atom is 0.435 e. The first-order chi connectivity index (χ1) is 10.9. The molecule has 1 aliphatic heterocycles. The van der Waals surface area contributed by atoms with Crippen LogP contribution in [0.3, 0.4) is 0 Å². The van der Waals surface area contributed by atoms with Gasteiger partial charge in [0.2, 0.25) is 0 Å². The number of esters is 1. The fourth-order valence-corrected chi connectivity index (χ4v) is 2.67. The molecule has 5 nitrogen and oxygen atoms in total. The first-order valence-corrected chi connectivity index (χ1v) is 6.99. The molecule has 0 radical (unpaired) electrons. The SMILES string of the molecule is COC(=O)c1cccc(-n2nc(C(F)(F)F)c3c2CCNC3)c1.Cl. The van der Waals surface area contributed by atoms with Crippen molar-refractivity contribution in [2.75, 3.05) is 13.7 Å². The van der Waals surface area contributed by atoms with Crippen molar-refractivity contribution in [3.8, 4) is 5.69 Å². The molecule has 3 rings (SSSR count). The molecule has 1 aromatic heterocycles. The van der Waals surface area contributed by atoms with E-state index in [1.54, 1.807) is 12.1 Å². The summed E-state index contributed by atoms with van der Waals surface area (Å²) in [5, 5.41) is 6.69. The average Bonchev–Trinajstić information content (AvgIpc) is 2.94. The lowest BCUT2D eigenvalue weighted by Gasteiger charge is -2.16. The van der Waals surface area contributed by atoms with Crippen molar-refractivity contribution in [1.82, 2.24) is 15.1 Å². The molecule has 1 aromatic carbocycles. The number of fused-ring (bicyclic) bond motifs is 1. The molecule has 0 aliphatic carbocycles. The van der Waals surface area contributed by atoms with Crippen LogP contribution in [-0.2, 0) is 23.9 Å². The number of rotatable bonds is 2. The largest absolute Gasteiger partial charge is 0.465 e. The lowest BCUT2D eigenvalue weighted by atomic mass is 10.1. The minimum Gasteiger partial charge on any atom is -0.465 e. The van der Waals surface area contributed by atoms with Crippen LogP contribution >= 0.6 is 12.4 Å². The number of alkyl halides is 3. The van der Waals surface area contributed by atoms with Gasteiger partial charge >= 0.3 is 12.1 Å². The van der Waals surface area contributed by atoms with Gasteiger partial charge in [0, 0.05) is 25.1 Å². The molecule has 0 bridgehead atoms. The zero-order chi connectivity index (χ0) is 16.6. The Morgan fingerprint density at radius 1 is 1.38 bits per heavy atom. The minimum atomic E-state index is -4.52. The van der Waals surface area contributed by atoms with E-state index in [9.17, 15) is 18.0 Å². The van der Waals surface area contributed by atoms with Gasteiger partial charge < -0.3 is 10.1 Å². The Morgan fingerprint density at radius 2 is 2.12 bits per heavy atom. The Hall–Kier alpha value is -2.06. The summed E-state index contributed by atoms with van der Waals surface area (Å²) in [6.07, 6.45) is -4.09. The van der Waals surface area contributed by atoms with Gasteiger partial charge in [0.1, 0.15) is 0 Å². The predicted molar refractivity (Wildman–Crippen MR) is 82.6 cm³/mol. The van der Waals surface area contributed by atoms with Gasteiger partial charge in [-0.2, -0.15) is 18.3 Å². The van der Waals surface area contributed by atoms with Crippen LogP contribution in [0, 0.1) is 0 Å². The lowest BCUT2D eigenvalue weighted by molar-refractivity contribution is -0.142. The van der Waals surface area contributed by atoms with Crippen LogP contribution in [0.25, 0.3) is 5.69 Å². The summed E-state index contributed by atoms with van der Waals surface area (Å²) in [5.74, 6) is -0.550. The number of nitrogens with zero attached hydrogens (tertiary/aromatic N) is 2. The van der Waals surface area contributed by atoms with E-state index in [1.165, 1.54) is 23.9 Å². The second kappa shape index (κ2) is 6.82. The highest BCUT2D eigenvalue weighted by atomic mass is 35.5. The van der Waals surface area contributed by atoms with Crippen LogP contribution in [0.15, 0.2) is 24.3 Å². The van der Waals surface area contributed by atoms with Gasteiger partial charge in [-0.3, -0.25) is 0 Å². The molecular formula is C15H15ClF3N3O2. The van der Waals surface area contributed by atoms with E-state index in [-0.39, 0.29) is 30.1 Å². The Bertz CT molecular complexity index is 759. The second-order valence-electron chi connectivity index (χ2n) is 5.15. The van der Waals surface area contributed by atoms with E-state index in [0.29, 0.717) is 24.3 Å². The standard InChI is InChI=1S/C15H14F3N3O2.ClH/c1-23-14(22)9-3-2-4-10(7-9)21-12-5-6-19-8-11(12)13(20-21)15(16,17)18;/h2-4,7,19H,5-6,8H2,1H3;1H. The summed E-state index contributed by atoms with van der Waals surface area (Å²) >= 11 is 0. The zero-order valence-electron chi connectivity index (χ0n) is 12.7. The van der Waals surface area contributed by atoms with Crippen molar-refractivity contribution in [3.63, 3.8) is 0 Å². The number of nitrogens with one attached hydrogen (secondary N) is 1. The molecule has 0 atom stereocenters. The van der Waals surface area contributed by atoms with E-state index in [4.69, 9.17) is 0 Å². The van der Waals surface area contributed by atoms with Gasteiger partial charge in [-0.1, -0.05) is 6.07 Å². The summed E-state index contributed by atoms with van der Waals surface area (Å²) in [7, 11) is 1.25. The molecule has 24 heavy (non-hydrogen) atoms. The second-order valence-corrected chi connectivity index (χ2v) is 5.15. The molecular weight excluding hydrogens is 347 g/mol.